The zero-order chi connectivity index (χ0) is 15.2. The number of nitrogens with zero attached hydrogens (tertiary/aromatic N) is 2. The molecule has 0 radical (unpaired) electrons. The van der Waals surface area contributed by atoms with E-state index in [9.17, 15) is 4.79 Å². The van der Waals surface area contributed by atoms with Crippen LogP contribution in [-0.2, 0) is 0 Å². The van der Waals surface area contributed by atoms with Crippen LogP contribution in [0.4, 0.5) is 5.69 Å². The molecule has 21 heavy (non-hydrogen) atoms. The third-order valence-electron chi connectivity index (χ3n) is 4.01. The zero-order valence-electron chi connectivity index (χ0n) is 13.2. The Labute approximate surface area is 127 Å². The molecule has 5 heteroatoms. The first-order chi connectivity index (χ1) is 10.1. The molecule has 116 valence electrons. The van der Waals surface area contributed by atoms with Gasteiger partial charge in [-0.25, -0.2) is 0 Å². The number of nitrogens with one attached hydrogen (secondary N) is 2. The van der Waals surface area contributed by atoms with Gasteiger partial charge in [-0.05, 0) is 39.3 Å². The van der Waals surface area contributed by atoms with Gasteiger partial charge >= 0.3 is 0 Å². The molecule has 1 saturated carbocycles. The van der Waals surface area contributed by atoms with E-state index in [4.69, 9.17) is 0 Å². The Kier molecular flexibility index (Phi) is 5.56. The summed E-state index contributed by atoms with van der Waals surface area (Å²) in [7, 11) is 2.13. The molecular formula is C16H26N4O. The Bertz CT molecular complexity index is 473. The average molecular weight is 290 g/mol. The van der Waals surface area contributed by atoms with Gasteiger partial charge in [0.2, 0.25) is 0 Å². The highest BCUT2D eigenvalue weighted by Crippen LogP contribution is 2.26. The number of pyridine rings is 1. The summed E-state index contributed by atoms with van der Waals surface area (Å²) in [5.74, 6) is -0.0576. The largest absolute Gasteiger partial charge is 0.384 e. The second kappa shape index (κ2) is 7.41. The number of carbonyl (C=O) groups is 1. The predicted octanol–water partition coefficient (Wildman–Crippen LogP) is 2.12. The quantitative estimate of drug-likeness (QED) is 0.770. The fourth-order valence-corrected chi connectivity index (χ4v) is 2.31. The number of hydrogen-bond donors (Lipinski definition) is 2. The highest BCUT2D eigenvalue weighted by molar-refractivity contribution is 5.99. The summed E-state index contributed by atoms with van der Waals surface area (Å²) in [5.41, 5.74) is 1.47. The standard InChI is InChI=1S/C16H26N4O/c1-4-8-18-15-7-9-17-11-14(15)16(21)19-10-12(2)20(3)13-5-6-13/h7,9,11-13H,4-6,8,10H2,1-3H3,(H,17,18)(H,19,21). The van der Waals surface area contributed by atoms with E-state index in [0.717, 1.165) is 18.7 Å². The number of likely N-dealkylation sites (N-methyl/N-ethyl adjacent to an activating group) is 1. The monoisotopic (exact) mass is 290 g/mol. The van der Waals surface area contributed by atoms with Gasteiger partial charge in [0.25, 0.3) is 5.91 Å². The van der Waals surface area contributed by atoms with Crippen molar-refractivity contribution < 1.29 is 4.79 Å². The van der Waals surface area contributed by atoms with Crippen LogP contribution in [-0.4, -0.2) is 48.0 Å². The smallest absolute Gasteiger partial charge is 0.255 e. The molecular weight excluding hydrogens is 264 g/mol. The van der Waals surface area contributed by atoms with Crippen molar-refractivity contribution in [2.45, 2.75) is 45.2 Å². The number of hydrogen-bond acceptors (Lipinski definition) is 4. The molecule has 0 aromatic carbocycles. The van der Waals surface area contributed by atoms with E-state index in [1.807, 2.05) is 6.07 Å². The molecule has 0 aliphatic heterocycles. The van der Waals surface area contributed by atoms with Gasteiger partial charge in [-0.15, -0.1) is 0 Å². The van der Waals surface area contributed by atoms with Crippen molar-refractivity contribution in [3.05, 3.63) is 24.0 Å². The van der Waals surface area contributed by atoms with Crippen molar-refractivity contribution in [1.82, 2.24) is 15.2 Å². The number of rotatable bonds is 8. The molecule has 1 amide bonds. The van der Waals surface area contributed by atoms with E-state index in [1.165, 1.54) is 12.8 Å². The van der Waals surface area contributed by atoms with E-state index in [1.54, 1.807) is 12.4 Å². The lowest BCUT2D eigenvalue weighted by atomic mass is 10.2. The summed E-state index contributed by atoms with van der Waals surface area (Å²) in [4.78, 5) is 18.7. The van der Waals surface area contributed by atoms with Gasteiger partial charge in [0.1, 0.15) is 0 Å². The van der Waals surface area contributed by atoms with E-state index in [2.05, 4.69) is 41.4 Å². The number of aromatic nitrogens is 1. The molecule has 1 aromatic rings. The molecule has 2 rings (SSSR count). The summed E-state index contributed by atoms with van der Waals surface area (Å²) in [5, 5.41) is 6.29. The van der Waals surface area contributed by atoms with E-state index >= 15 is 0 Å². The first kappa shape index (κ1) is 15.8. The minimum absolute atomic E-state index is 0.0576. The summed E-state index contributed by atoms with van der Waals surface area (Å²) in [6.07, 6.45) is 6.92. The molecule has 5 nitrogen and oxygen atoms in total. The molecule has 0 spiro atoms. The second-order valence-corrected chi connectivity index (χ2v) is 5.80. The minimum Gasteiger partial charge on any atom is -0.384 e. The third kappa shape index (κ3) is 4.43. The van der Waals surface area contributed by atoms with E-state index < -0.39 is 0 Å². The fraction of sp³-hybridized carbons (Fsp3) is 0.625. The normalized spacial score (nSPS) is 15.8. The van der Waals surface area contributed by atoms with Crippen LogP contribution < -0.4 is 10.6 Å². The van der Waals surface area contributed by atoms with Crippen LogP contribution in [0, 0.1) is 0 Å². The van der Waals surface area contributed by atoms with Gasteiger partial charge in [0.05, 0.1) is 11.3 Å². The zero-order valence-corrected chi connectivity index (χ0v) is 13.2. The predicted molar refractivity (Wildman–Crippen MR) is 85.6 cm³/mol. The Morgan fingerprint density at radius 2 is 2.29 bits per heavy atom. The van der Waals surface area contributed by atoms with Gasteiger partial charge in [-0.1, -0.05) is 6.92 Å². The number of carbonyl (C=O) groups excluding carboxylic acids is 1. The van der Waals surface area contributed by atoms with Gasteiger partial charge in [0.15, 0.2) is 0 Å². The van der Waals surface area contributed by atoms with Crippen LogP contribution in [0.5, 0.6) is 0 Å². The molecule has 2 N–H and O–H groups in total. The van der Waals surface area contributed by atoms with E-state index in [-0.39, 0.29) is 5.91 Å². The Hall–Kier alpha value is -1.62. The maximum absolute atomic E-state index is 12.3. The lowest BCUT2D eigenvalue weighted by Gasteiger charge is -2.24. The van der Waals surface area contributed by atoms with Crippen molar-refractivity contribution in [3.8, 4) is 0 Å². The Balaban J connectivity index is 1.90. The van der Waals surface area contributed by atoms with Gasteiger partial charge in [-0.3, -0.25) is 14.7 Å². The molecule has 0 saturated heterocycles. The van der Waals surface area contributed by atoms with Crippen molar-refractivity contribution in [1.29, 1.82) is 0 Å². The van der Waals surface area contributed by atoms with Crippen LogP contribution in [0.3, 0.4) is 0 Å². The van der Waals surface area contributed by atoms with Crippen LogP contribution in [0.1, 0.15) is 43.5 Å². The summed E-state index contributed by atoms with van der Waals surface area (Å²) in [6, 6.07) is 2.91. The van der Waals surface area contributed by atoms with Gasteiger partial charge < -0.3 is 10.6 Å². The van der Waals surface area contributed by atoms with Crippen LogP contribution in [0.15, 0.2) is 18.5 Å². The molecule has 1 unspecified atom stereocenters. The lowest BCUT2D eigenvalue weighted by Crippen LogP contribution is -2.41. The van der Waals surface area contributed by atoms with E-state index in [0.29, 0.717) is 24.2 Å². The van der Waals surface area contributed by atoms with Gasteiger partial charge in [-0.2, -0.15) is 0 Å². The maximum Gasteiger partial charge on any atom is 0.255 e. The van der Waals surface area contributed by atoms with Crippen LogP contribution >= 0.6 is 0 Å². The average Bonchev–Trinajstić information content (AvgIpc) is 3.34. The number of amides is 1. The second-order valence-electron chi connectivity index (χ2n) is 5.80. The molecule has 1 atom stereocenters. The topological polar surface area (TPSA) is 57.3 Å². The van der Waals surface area contributed by atoms with Crippen LogP contribution in [0.25, 0.3) is 0 Å². The van der Waals surface area contributed by atoms with Gasteiger partial charge in [0, 0.05) is 37.6 Å². The summed E-state index contributed by atoms with van der Waals surface area (Å²) >= 11 is 0. The molecule has 1 aliphatic rings. The van der Waals surface area contributed by atoms with Crippen molar-refractivity contribution >= 4 is 11.6 Å². The van der Waals surface area contributed by atoms with Crippen molar-refractivity contribution in [2.75, 3.05) is 25.5 Å². The number of anilines is 1. The summed E-state index contributed by atoms with van der Waals surface area (Å²) < 4.78 is 0. The van der Waals surface area contributed by atoms with Crippen molar-refractivity contribution in [3.63, 3.8) is 0 Å². The molecule has 1 fully saturated rings. The van der Waals surface area contributed by atoms with Crippen molar-refractivity contribution in [2.24, 2.45) is 0 Å². The third-order valence-corrected chi connectivity index (χ3v) is 4.01. The first-order valence-corrected chi connectivity index (χ1v) is 7.81. The minimum atomic E-state index is -0.0576. The molecule has 1 aliphatic carbocycles. The SMILES string of the molecule is CCCNc1ccncc1C(=O)NCC(C)N(C)C1CC1. The maximum atomic E-state index is 12.3. The fourth-order valence-electron chi connectivity index (χ4n) is 2.31. The van der Waals surface area contributed by atoms with Crippen LogP contribution in [0.2, 0.25) is 0 Å². The Morgan fingerprint density at radius 3 is 2.95 bits per heavy atom. The summed E-state index contributed by atoms with van der Waals surface area (Å²) in [6.45, 7) is 5.76. The Morgan fingerprint density at radius 1 is 1.52 bits per heavy atom. The highest BCUT2D eigenvalue weighted by atomic mass is 16.1. The lowest BCUT2D eigenvalue weighted by molar-refractivity contribution is 0.0940. The first-order valence-electron chi connectivity index (χ1n) is 7.81. The highest BCUT2D eigenvalue weighted by Gasteiger charge is 2.29. The molecule has 1 heterocycles. The molecule has 1 aromatic heterocycles. The molecule has 0 bridgehead atoms.